The normalized spacial score (nSPS) is 18.6. The van der Waals surface area contributed by atoms with E-state index < -0.39 is 0 Å². The second-order valence-electron chi connectivity index (χ2n) is 4.54. The highest BCUT2D eigenvalue weighted by Crippen LogP contribution is 2.35. The molecule has 20 heavy (non-hydrogen) atoms. The van der Waals surface area contributed by atoms with Gasteiger partial charge in [-0.05, 0) is 35.7 Å². The molecule has 0 unspecified atom stereocenters. The van der Waals surface area contributed by atoms with Crippen LogP contribution in [0, 0.1) is 0 Å². The van der Waals surface area contributed by atoms with Crippen molar-refractivity contribution >= 4 is 28.8 Å². The molecule has 1 atom stereocenters. The molecule has 0 spiro atoms. The third kappa shape index (κ3) is 2.10. The van der Waals surface area contributed by atoms with Crippen molar-refractivity contribution in [1.82, 2.24) is 0 Å². The largest absolute Gasteiger partial charge is 0.497 e. The maximum atomic E-state index is 12.4. The first kappa shape index (κ1) is 12.9. The number of rotatable bonds is 3. The summed E-state index contributed by atoms with van der Waals surface area (Å²) in [5.41, 5.74) is 0.597. The molecule has 1 aliphatic heterocycles. The third-order valence-electron chi connectivity index (χ3n) is 3.36. The first-order valence-corrected chi connectivity index (χ1v) is 7.13. The van der Waals surface area contributed by atoms with Gasteiger partial charge < -0.3 is 4.74 Å². The number of carbonyl (C=O) groups excluding carboxylic acids is 2. The number of amides is 2. The number of hydrogen-bond acceptors (Lipinski definition) is 4. The van der Waals surface area contributed by atoms with Crippen molar-refractivity contribution in [3.05, 3.63) is 46.7 Å². The number of benzene rings is 1. The van der Waals surface area contributed by atoms with E-state index in [9.17, 15) is 9.59 Å². The smallest absolute Gasteiger partial charge is 0.242 e. The van der Waals surface area contributed by atoms with Crippen LogP contribution in [0.25, 0.3) is 0 Å². The minimum absolute atomic E-state index is 0.150. The van der Waals surface area contributed by atoms with Crippen molar-refractivity contribution in [3.8, 4) is 5.75 Å². The van der Waals surface area contributed by atoms with Gasteiger partial charge in [-0.2, -0.15) is 0 Å². The van der Waals surface area contributed by atoms with Crippen LogP contribution in [-0.2, 0) is 9.59 Å². The molecule has 0 bridgehead atoms. The Labute approximate surface area is 120 Å². The summed E-state index contributed by atoms with van der Waals surface area (Å²) in [6.07, 6.45) is 0.241. The fraction of sp³-hybridized carbons (Fsp3) is 0.200. The van der Waals surface area contributed by atoms with Crippen LogP contribution in [0.1, 0.15) is 17.2 Å². The Morgan fingerprint density at radius 1 is 1.20 bits per heavy atom. The zero-order valence-electron chi connectivity index (χ0n) is 10.9. The van der Waals surface area contributed by atoms with Crippen LogP contribution in [-0.4, -0.2) is 18.9 Å². The number of carbonyl (C=O) groups is 2. The first-order valence-electron chi connectivity index (χ1n) is 6.25. The highest BCUT2D eigenvalue weighted by Gasteiger charge is 2.40. The van der Waals surface area contributed by atoms with Crippen molar-refractivity contribution in [3.63, 3.8) is 0 Å². The van der Waals surface area contributed by atoms with Crippen molar-refractivity contribution in [2.45, 2.75) is 12.3 Å². The van der Waals surface area contributed by atoms with E-state index in [1.165, 1.54) is 16.2 Å². The van der Waals surface area contributed by atoms with Gasteiger partial charge in [-0.3, -0.25) is 9.59 Å². The molecule has 0 radical (unpaired) electrons. The van der Waals surface area contributed by atoms with E-state index >= 15 is 0 Å². The molecular formula is C15H13NO3S. The molecule has 102 valence electrons. The lowest BCUT2D eigenvalue weighted by molar-refractivity contribution is -0.121. The summed E-state index contributed by atoms with van der Waals surface area (Å²) in [6.45, 7) is 0. The highest BCUT2D eigenvalue weighted by atomic mass is 32.1. The number of nitrogens with zero attached hydrogens (tertiary/aromatic N) is 1. The molecule has 0 saturated carbocycles. The average molecular weight is 287 g/mol. The van der Waals surface area contributed by atoms with Gasteiger partial charge in [0, 0.05) is 11.3 Å². The van der Waals surface area contributed by atoms with Crippen molar-refractivity contribution in [2.24, 2.45) is 0 Å². The summed E-state index contributed by atoms with van der Waals surface area (Å²) in [7, 11) is 1.58. The zero-order chi connectivity index (χ0) is 14.1. The summed E-state index contributed by atoms with van der Waals surface area (Å²) in [4.78, 5) is 26.8. The molecule has 1 saturated heterocycles. The van der Waals surface area contributed by atoms with Gasteiger partial charge in [0.2, 0.25) is 11.8 Å². The molecule has 2 aromatic rings. The van der Waals surface area contributed by atoms with Gasteiger partial charge in [-0.25, -0.2) is 4.90 Å². The second-order valence-corrected chi connectivity index (χ2v) is 5.52. The molecule has 2 amide bonds. The number of methoxy groups -OCH3 is 1. The van der Waals surface area contributed by atoms with Gasteiger partial charge in [0.1, 0.15) is 5.75 Å². The first-order chi connectivity index (χ1) is 9.70. The van der Waals surface area contributed by atoms with Crippen LogP contribution in [0.4, 0.5) is 5.69 Å². The molecule has 0 aliphatic carbocycles. The third-order valence-corrected chi connectivity index (χ3v) is 4.35. The molecule has 1 aromatic carbocycles. The minimum Gasteiger partial charge on any atom is -0.497 e. The maximum absolute atomic E-state index is 12.4. The van der Waals surface area contributed by atoms with E-state index in [2.05, 4.69) is 0 Å². The molecule has 0 N–H and O–H groups in total. The van der Waals surface area contributed by atoms with Crippen molar-refractivity contribution < 1.29 is 14.3 Å². The number of ether oxygens (including phenoxy) is 1. The standard InChI is InChI=1S/C15H13NO3S/c1-19-11-6-4-10(5-7-11)16-14(17)9-12(15(16)18)13-3-2-8-20-13/h2-8,12H,9H2,1H3/t12-/m0/s1. The summed E-state index contributed by atoms with van der Waals surface area (Å²) < 4.78 is 5.08. The van der Waals surface area contributed by atoms with E-state index in [4.69, 9.17) is 4.74 Å². The molecule has 3 rings (SSSR count). The Kier molecular flexibility index (Phi) is 3.28. The van der Waals surface area contributed by atoms with Crippen LogP contribution in [0.5, 0.6) is 5.75 Å². The number of thiophene rings is 1. The lowest BCUT2D eigenvalue weighted by Crippen LogP contribution is -2.29. The van der Waals surface area contributed by atoms with Crippen LogP contribution < -0.4 is 9.64 Å². The van der Waals surface area contributed by atoms with Crippen molar-refractivity contribution in [1.29, 1.82) is 0 Å². The van der Waals surface area contributed by atoms with E-state index in [-0.39, 0.29) is 24.2 Å². The topological polar surface area (TPSA) is 46.6 Å². The van der Waals surface area contributed by atoms with Crippen LogP contribution in [0.2, 0.25) is 0 Å². The minimum atomic E-state index is -0.343. The highest BCUT2D eigenvalue weighted by molar-refractivity contribution is 7.10. The predicted octanol–water partition coefficient (Wildman–Crippen LogP) is 2.80. The molecule has 4 nitrogen and oxygen atoms in total. The Morgan fingerprint density at radius 2 is 1.95 bits per heavy atom. The van der Waals surface area contributed by atoms with E-state index in [0.29, 0.717) is 11.4 Å². The number of imide groups is 1. The average Bonchev–Trinajstić information content (AvgIpc) is 3.07. The summed E-state index contributed by atoms with van der Waals surface area (Å²) in [5, 5.41) is 1.92. The van der Waals surface area contributed by atoms with E-state index in [1.807, 2.05) is 17.5 Å². The fourth-order valence-electron chi connectivity index (χ4n) is 2.35. The lowest BCUT2D eigenvalue weighted by atomic mass is 10.1. The summed E-state index contributed by atoms with van der Waals surface area (Å²) in [5.74, 6) is 0.0495. The van der Waals surface area contributed by atoms with Crippen molar-refractivity contribution in [2.75, 3.05) is 12.0 Å². The van der Waals surface area contributed by atoms with Gasteiger partial charge in [0.25, 0.3) is 0 Å². The molecule has 1 aromatic heterocycles. The van der Waals surface area contributed by atoms with Crippen LogP contribution >= 0.6 is 11.3 Å². The Hall–Kier alpha value is -2.14. The molecular weight excluding hydrogens is 274 g/mol. The van der Waals surface area contributed by atoms with Gasteiger partial charge >= 0.3 is 0 Å². The number of anilines is 1. The SMILES string of the molecule is COc1ccc(N2C(=O)C[C@@H](c3cccs3)C2=O)cc1. The van der Waals surface area contributed by atoms with E-state index in [0.717, 1.165) is 4.88 Å². The van der Waals surface area contributed by atoms with E-state index in [1.54, 1.807) is 31.4 Å². The summed E-state index contributed by atoms with van der Waals surface area (Å²) >= 11 is 1.51. The second kappa shape index (κ2) is 5.09. The van der Waals surface area contributed by atoms with Crippen LogP contribution in [0.15, 0.2) is 41.8 Å². The molecule has 1 aliphatic rings. The van der Waals surface area contributed by atoms with Gasteiger partial charge in [0.15, 0.2) is 0 Å². The summed E-state index contributed by atoms with van der Waals surface area (Å²) in [6, 6.07) is 10.7. The quantitative estimate of drug-likeness (QED) is 0.816. The molecule has 2 heterocycles. The van der Waals surface area contributed by atoms with Gasteiger partial charge in [0.05, 0.1) is 18.7 Å². The van der Waals surface area contributed by atoms with Gasteiger partial charge in [-0.15, -0.1) is 11.3 Å². The monoisotopic (exact) mass is 287 g/mol. The predicted molar refractivity (Wildman–Crippen MR) is 77.2 cm³/mol. The van der Waals surface area contributed by atoms with Gasteiger partial charge in [-0.1, -0.05) is 6.07 Å². The fourth-order valence-corrected chi connectivity index (χ4v) is 3.17. The Morgan fingerprint density at radius 3 is 2.55 bits per heavy atom. The van der Waals surface area contributed by atoms with Crippen LogP contribution in [0.3, 0.4) is 0 Å². The molecule has 5 heteroatoms. The Balaban J connectivity index is 1.90. The number of hydrogen-bond donors (Lipinski definition) is 0. The Bertz CT molecular complexity index is 634. The lowest BCUT2D eigenvalue weighted by Gasteiger charge is -2.15. The zero-order valence-corrected chi connectivity index (χ0v) is 11.7. The molecule has 1 fully saturated rings. The maximum Gasteiger partial charge on any atom is 0.242 e.